The summed E-state index contributed by atoms with van der Waals surface area (Å²) in [5, 5.41) is 11.0. The summed E-state index contributed by atoms with van der Waals surface area (Å²) < 4.78 is 21.7. The van der Waals surface area contributed by atoms with Crippen LogP contribution in [0.3, 0.4) is 0 Å². The average molecular weight is 257 g/mol. The van der Waals surface area contributed by atoms with Gasteiger partial charge in [0, 0.05) is 6.26 Å². The first-order chi connectivity index (χ1) is 7.81. The maximum atomic E-state index is 11.6. The molecule has 0 aliphatic heterocycles. The Morgan fingerprint density at radius 3 is 2.24 bits per heavy atom. The molecule has 0 aromatic heterocycles. The van der Waals surface area contributed by atoms with Gasteiger partial charge in [0.2, 0.25) is 0 Å². The summed E-state index contributed by atoms with van der Waals surface area (Å²) in [5.41, 5.74) is -0.234. The number of amides is 1. The van der Waals surface area contributed by atoms with Crippen LogP contribution in [0.4, 0.5) is 0 Å². The first-order valence-corrected chi connectivity index (χ1v) is 6.65. The smallest absolute Gasteiger partial charge is 0.336 e. The number of nitrogens with one attached hydrogen (secondary N) is 1. The summed E-state index contributed by atoms with van der Waals surface area (Å²) in [6, 6.07) is 5.58. The van der Waals surface area contributed by atoms with Crippen LogP contribution in [0, 0.1) is 0 Å². The molecule has 6 nitrogen and oxygen atoms in total. The number of benzene rings is 1. The third-order valence-electron chi connectivity index (χ3n) is 1.90. The molecule has 0 spiro atoms. The van der Waals surface area contributed by atoms with Crippen molar-refractivity contribution in [2.75, 3.05) is 12.1 Å². The van der Waals surface area contributed by atoms with Crippen LogP contribution in [0.1, 0.15) is 20.7 Å². The molecule has 0 aliphatic carbocycles. The van der Waals surface area contributed by atoms with E-state index in [4.69, 9.17) is 5.11 Å². The Bertz CT molecular complexity index is 550. The highest BCUT2D eigenvalue weighted by Crippen LogP contribution is 2.08. The van der Waals surface area contributed by atoms with Crippen molar-refractivity contribution < 1.29 is 23.1 Å². The quantitative estimate of drug-likeness (QED) is 0.797. The molecule has 0 unspecified atom stereocenters. The molecule has 0 aliphatic rings. The van der Waals surface area contributed by atoms with Gasteiger partial charge in [-0.2, -0.15) is 0 Å². The Balaban J connectivity index is 2.93. The van der Waals surface area contributed by atoms with Gasteiger partial charge in [-0.3, -0.25) is 4.79 Å². The summed E-state index contributed by atoms with van der Waals surface area (Å²) in [4.78, 5) is 22.4. The highest BCUT2D eigenvalue weighted by Gasteiger charge is 2.16. The Labute approximate surface area is 98.2 Å². The van der Waals surface area contributed by atoms with E-state index in [0.717, 1.165) is 6.26 Å². The largest absolute Gasteiger partial charge is 0.478 e. The second-order valence-corrected chi connectivity index (χ2v) is 5.57. The predicted octanol–water partition coefficient (Wildman–Crippen LogP) is 0.117. The molecule has 0 atom stereocenters. The Kier molecular flexibility index (Phi) is 3.84. The van der Waals surface area contributed by atoms with Crippen molar-refractivity contribution >= 4 is 21.7 Å². The lowest BCUT2D eigenvalue weighted by Crippen LogP contribution is -2.30. The molecule has 1 aromatic carbocycles. The first kappa shape index (κ1) is 13.2. The Morgan fingerprint density at radius 1 is 1.24 bits per heavy atom. The molecule has 0 saturated carbocycles. The van der Waals surface area contributed by atoms with Crippen molar-refractivity contribution in [1.29, 1.82) is 0 Å². The van der Waals surface area contributed by atoms with Gasteiger partial charge < -0.3 is 10.4 Å². The van der Waals surface area contributed by atoms with E-state index >= 15 is 0 Å². The molecule has 2 N–H and O–H groups in total. The van der Waals surface area contributed by atoms with Gasteiger partial charge >= 0.3 is 5.97 Å². The van der Waals surface area contributed by atoms with Crippen LogP contribution in [0.2, 0.25) is 0 Å². The molecule has 0 heterocycles. The fraction of sp³-hybridized carbons (Fsp3) is 0.200. The van der Waals surface area contributed by atoms with Crippen LogP contribution in [0.25, 0.3) is 0 Å². The van der Waals surface area contributed by atoms with Crippen LogP contribution in [-0.2, 0) is 9.84 Å². The van der Waals surface area contributed by atoms with Crippen LogP contribution >= 0.6 is 0 Å². The zero-order valence-electron chi connectivity index (χ0n) is 9.00. The third kappa shape index (κ3) is 3.87. The summed E-state index contributed by atoms with van der Waals surface area (Å²) >= 11 is 0. The van der Waals surface area contributed by atoms with E-state index < -0.39 is 27.6 Å². The number of rotatable bonds is 4. The standard InChI is InChI=1S/C10H11NO5S/c1-17(15,16)6-11-9(12)7-4-2-3-5-8(7)10(13)14/h2-5H,6H2,1H3,(H,11,12)(H,13,14). The van der Waals surface area contributed by atoms with Gasteiger partial charge in [-0.15, -0.1) is 0 Å². The van der Waals surface area contributed by atoms with Crippen molar-refractivity contribution in [2.24, 2.45) is 0 Å². The van der Waals surface area contributed by atoms with Gasteiger partial charge in [-0.05, 0) is 12.1 Å². The molecule has 0 saturated heterocycles. The molecule has 1 aromatic rings. The Hall–Kier alpha value is -1.89. The van der Waals surface area contributed by atoms with Gasteiger partial charge in [0.1, 0.15) is 5.88 Å². The first-order valence-electron chi connectivity index (χ1n) is 4.59. The van der Waals surface area contributed by atoms with Gasteiger partial charge in [0.15, 0.2) is 9.84 Å². The summed E-state index contributed by atoms with van der Waals surface area (Å²) in [5.74, 6) is -2.50. The topological polar surface area (TPSA) is 101 Å². The minimum absolute atomic E-state index is 0.0661. The van der Waals surface area contributed by atoms with E-state index in [9.17, 15) is 18.0 Å². The monoisotopic (exact) mass is 257 g/mol. The zero-order valence-corrected chi connectivity index (χ0v) is 9.82. The lowest BCUT2D eigenvalue weighted by atomic mass is 10.1. The fourth-order valence-electron chi connectivity index (χ4n) is 1.16. The van der Waals surface area contributed by atoms with Crippen LogP contribution < -0.4 is 5.32 Å². The molecule has 0 radical (unpaired) electrons. The van der Waals surface area contributed by atoms with E-state index in [-0.39, 0.29) is 11.1 Å². The highest BCUT2D eigenvalue weighted by molar-refractivity contribution is 7.90. The minimum atomic E-state index is -3.34. The Morgan fingerprint density at radius 2 is 1.76 bits per heavy atom. The number of aromatic carboxylic acids is 1. The number of carbonyl (C=O) groups excluding carboxylic acids is 1. The van der Waals surface area contributed by atoms with Crippen molar-refractivity contribution in [3.05, 3.63) is 35.4 Å². The second kappa shape index (κ2) is 4.96. The predicted molar refractivity (Wildman–Crippen MR) is 60.6 cm³/mol. The summed E-state index contributed by atoms with van der Waals surface area (Å²) in [7, 11) is -3.34. The number of carboxylic acids is 1. The molecule has 7 heteroatoms. The van der Waals surface area contributed by atoms with Gasteiger partial charge in [-0.25, -0.2) is 13.2 Å². The SMILES string of the molecule is CS(=O)(=O)CNC(=O)c1ccccc1C(=O)O. The number of hydrogen-bond donors (Lipinski definition) is 2. The molecule has 17 heavy (non-hydrogen) atoms. The van der Waals surface area contributed by atoms with E-state index in [1.165, 1.54) is 24.3 Å². The maximum absolute atomic E-state index is 11.6. The lowest BCUT2D eigenvalue weighted by Gasteiger charge is -2.06. The molecular formula is C10H11NO5S. The minimum Gasteiger partial charge on any atom is -0.478 e. The summed E-state index contributed by atoms with van der Waals surface area (Å²) in [6.07, 6.45) is 0.969. The van der Waals surface area contributed by atoms with Gasteiger partial charge in [0.05, 0.1) is 11.1 Å². The molecule has 0 fully saturated rings. The zero-order chi connectivity index (χ0) is 13.1. The van der Waals surface area contributed by atoms with Crippen molar-refractivity contribution in [3.8, 4) is 0 Å². The van der Waals surface area contributed by atoms with E-state index in [1.807, 2.05) is 0 Å². The summed E-state index contributed by atoms with van der Waals surface area (Å²) in [6.45, 7) is 0. The molecule has 92 valence electrons. The van der Waals surface area contributed by atoms with Crippen molar-refractivity contribution in [3.63, 3.8) is 0 Å². The molecular weight excluding hydrogens is 246 g/mol. The highest BCUT2D eigenvalue weighted by atomic mass is 32.2. The molecule has 1 rings (SSSR count). The number of carboxylic acid groups (broad SMARTS) is 1. The van der Waals surface area contributed by atoms with Crippen molar-refractivity contribution in [1.82, 2.24) is 5.32 Å². The fourth-order valence-corrected chi connectivity index (χ4v) is 1.55. The van der Waals surface area contributed by atoms with E-state index in [1.54, 1.807) is 0 Å². The van der Waals surface area contributed by atoms with Crippen LogP contribution in [-0.4, -0.2) is 37.5 Å². The second-order valence-electron chi connectivity index (χ2n) is 3.43. The average Bonchev–Trinajstić information content (AvgIpc) is 2.25. The number of sulfone groups is 1. The van der Waals surface area contributed by atoms with E-state index in [0.29, 0.717) is 0 Å². The van der Waals surface area contributed by atoms with Crippen LogP contribution in [0.5, 0.6) is 0 Å². The maximum Gasteiger partial charge on any atom is 0.336 e. The van der Waals surface area contributed by atoms with Crippen LogP contribution in [0.15, 0.2) is 24.3 Å². The number of carbonyl (C=O) groups is 2. The lowest BCUT2D eigenvalue weighted by molar-refractivity contribution is 0.0691. The van der Waals surface area contributed by atoms with E-state index in [2.05, 4.69) is 5.32 Å². The van der Waals surface area contributed by atoms with Crippen molar-refractivity contribution in [2.45, 2.75) is 0 Å². The molecule has 1 amide bonds. The van der Waals surface area contributed by atoms with Gasteiger partial charge in [-0.1, -0.05) is 12.1 Å². The molecule has 0 bridgehead atoms. The normalized spacial score (nSPS) is 10.9. The third-order valence-corrected chi connectivity index (χ3v) is 2.57. The van der Waals surface area contributed by atoms with Gasteiger partial charge in [0.25, 0.3) is 5.91 Å². The number of hydrogen-bond acceptors (Lipinski definition) is 4.